The van der Waals surface area contributed by atoms with E-state index in [-0.39, 0.29) is 35.1 Å². The van der Waals surface area contributed by atoms with Gasteiger partial charge in [-0.15, -0.1) is 0 Å². The quantitative estimate of drug-likeness (QED) is 0.353. The number of fused-ring (bicyclic) bond motifs is 1. The number of carbonyl (C=O) groups is 2. The van der Waals surface area contributed by atoms with Crippen molar-refractivity contribution in [3.63, 3.8) is 0 Å². The van der Waals surface area contributed by atoms with E-state index >= 15 is 13.6 Å². The molecule has 0 bridgehead atoms. The number of aromatic nitrogens is 1. The molecule has 0 saturated carbocycles. The van der Waals surface area contributed by atoms with Gasteiger partial charge in [0.05, 0.1) is 32.1 Å². The Kier molecular flexibility index (Phi) is 9.88. The van der Waals surface area contributed by atoms with Gasteiger partial charge in [0.2, 0.25) is 5.88 Å². The Bertz CT molecular complexity index is 1880. The highest BCUT2D eigenvalue weighted by molar-refractivity contribution is 7.93. The number of hydrogen-bond donors (Lipinski definition) is 1. The number of likely N-dealkylation sites (tertiary alicyclic amines) is 1. The third-order valence-corrected chi connectivity index (χ3v) is 11.3. The minimum absolute atomic E-state index is 0.0585. The summed E-state index contributed by atoms with van der Waals surface area (Å²) in [4.78, 5) is 39.2. The monoisotopic (exact) mass is 714 g/mol. The predicted molar refractivity (Wildman–Crippen MR) is 179 cm³/mol. The largest absolute Gasteiger partial charge is 0.497 e. The summed E-state index contributed by atoms with van der Waals surface area (Å²) in [5, 5.41) is 2.78. The number of ether oxygens (including phenoxy) is 3. The van der Waals surface area contributed by atoms with E-state index in [1.165, 1.54) is 55.6 Å². The van der Waals surface area contributed by atoms with Gasteiger partial charge in [0, 0.05) is 56.1 Å². The van der Waals surface area contributed by atoms with E-state index in [0.717, 1.165) is 32.0 Å². The maximum absolute atomic E-state index is 15.2. The molecule has 1 N–H and O–H groups in total. The predicted octanol–water partition coefficient (Wildman–Crippen LogP) is 3.18. The van der Waals surface area contributed by atoms with Gasteiger partial charge in [-0.1, -0.05) is 0 Å². The fourth-order valence-corrected chi connectivity index (χ4v) is 8.57. The average molecular weight is 715 g/mol. The normalized spacial score (nSPS) is 20.5. The molecular formula is C34H40F2N6O7S. The maximum Gasteiger partial charge on any atom is 0.318 e. The first-order valence-electron chi connectivity index (χ1n) is 16.4. The average Bonchev–Trinajstić information content (AvgIpc) is 3.35. The van der Waals surface area contributed by atoms with Crippen molar-refractivity contribution in [3.05, 3.63) is 71.4 Å². The van der Waals surface area contributed by atoms with Gasteiger partial charge < -0.3 is 29.3 Å². The number of halogens is 2. The molecule has 3 aliphatic rings. The summed E-state index contributed by atoms with van der Waals surface area (Å²) in [6.45, 7) is 5.58. The minimum Gasteiger partial charge on any atom is -0.497 e. The Morgan fingerprint density at radius 2 is 1.68 bits per heavy atom. The van der Waals surface area contributed by atoms with Crippen LogP contribution in [0.25, 0.3) is 0 Å². The second-order valence-electron chi connectivity index (χ2n) is 12.4. The van der Waals surface area contributed by atoms with Gasteiger partial charge in [0.15, 0.2) is 17.2 Å². The molecule has 0 spiro atoms. The number of hydrogen-bond acceptors (Lipinski definition) is 10. The molecule has 1 unspecified atom stereocenters. The standard InChI is InChI=1S/C34H40F2N6O7S/c1-5-49-31-24(7-6-12-37-31)34(38-33(44)41-17-15-40(16-18-41)22-10-13-39(2)14-11-22)25-20-26(35)27(36)21-28(25)42(32(34)43)50(45,46)30-9-8-23(47-3)19-29(30)48-4/h6-9,12,19-22H,5,10-11,13-18H2,1-4H3,(H,38,44). The first-order chi connectivity index (χ1) is 24.0. The maximum atomic E-state index is 15.2. The smallest absolute Gasteiger partial charge is 0.318 e. The fourth-order valence-electron chi connectivity index (χ4n) is 6.97. The Hall–Kier alpha value is -4.54. The van der Waals surface area contributed by atoms with Crippen molar-refractivity contribution in [1.82, 2.24) is 25.0 Å². The third kappa shape index (κ3) is 6.09. The van der Waals surface area contributed by atoms with Crippen LogP contribution in [0.3, 0.4) is 0 Å². The van der Waals surface area contributed by atoms with Crippen molar-refractivity contribution in [2.45, 2.75) is 36.2 Å². The number of pyridine rings is 1. The SMILES string of the molecule is CCOc1ncccc1C1(NC(=O)N2CCN(C3CCN(C)CC3)CC2)C(=O)N(S(=O)(=O)c2ccc(OC)cc2OC)c2cc(F)c(F)cc21. The summed E-state index contributed by atoms with van der Waals surface area (Å²) in [5.41, 5.74) is -3.27. The van der Waals surface area contributed by atoms with Gasteiger partial charge >= 0.3 is 6.03 Å². The molecule has 268 valence electrons. The van der Waals surface area contributed by atoms with E-state index in [1.807, 2.05) is 0 Å². The van der Waals surface area contributed by atoms with Crippen molar-refractivity contribution < 1.29 is 41.0 Å². The summed E-state index contributed by atoms with van der Waals surface area (Å²) in [6.07, 6.45) is 3.43. The molecule has 4 heterocycles. The van der Waals surface area contributed by atoms with Crippen LogP contribution in [0.1, 0.15) is 30.9 Å². The summed E-state index contributed by atoms with van der Waals surface area (Å²) < 4.78 is 75.9. The number of piperidine rings is 1. The second-order valence-corrected chi connectivity index (χ2v) is 14.2. The number of anilines is 1. The van der Waals surface area contributed by atoms with Crippen LogP contribution in [0.2, 0.25) is 0 Å². The van der Waals surface area contributed by atoms with Gasteiger partial charge in [-0.2, -0.15) is 4.31 Å². The van der Waals surface area contributed by atoms with Crippen LogP contribution in [0.15, 0.2) is 53.6 Å². The van der Waals surface area contributed by atoms with Crippen molar-refractivity contribution in [2.24, 2.45) is 0 Å². The molecule has 3 amide bonds. The molecule has 1 atom stereocenters. The van der Waals surface area contributed by atoms with E-state index in [9.17, 15) is 13.2 Å². The van der Waals surface area contributed by atoms with E-state index < -0.39 is 49.7 Å². The number of sulfonamides is 1. The number of urea groups is 1. The molecule has 1 aromatic heterocycles. The zero-order valence-electron chi connectivity index (χ0n) is 28.3. The van der Waals surface area contributed by atoms with E-state index in [1.54, 1.807) is 6.92 Å². The summed E-state index contributed by atoms with van der Waals surface area (Å²) >= 11 is 0. The van der Waals surface area contributed by atoms with Crippen LogP contribution in [0.5, 0.6) is 17.4 Å². The van der Waals surface area contributed by atoms with Gasteiger partial charge in [-0.25, -0.2) is 27.0 Å². The van der Waals surface area contributed by atoms with Crippen LogP contribution >= 0.6 is 0 Å². The summed E-state index contributed by atoms with van der Waals surface area (Å²) in [7, 11) is -0.191. The number of piperazine rings is 1. The Morgan fingerprint density at radius 1 is 0.980 bits per heavy atom. The number of methoxy groups -OCH3 is 2. The molecular weight excluding hydrogens is 674 g/mol. The fraction of sp³-hybridized carbons (Fsp3) is 0.441. The number of amides is 3. The summed E-state index contributed by atoms with van der Waals surface area (Å²) in [5.74, 6) is -3.97. The van der Waals surface area contributed by atoms with Crippen LogP contribution < -0.4 is 23.8 Å². The lowest BCUT2D eigenvalue weighted by Gasteiger charge is -2.43. The zero-order chi connectivity index (χ0) is 35.8. The highest BCUT2D eigenvalue weighted by Crippen LogP contribution is 2.50. The minimum atomic E-state index is -4.91. The van der Waals surface area contributed by atoms with Crippen LogP contribution in [-0.2, 0) is 20.4 Å². The summed E-state index contributed by atoms with van der Waals surface area (Å²) in [6, 6.07) is 7.80. The van der Waals surface area contributed by atoms with Crippen LogP contribution in [0, 0.1) is 11.6 Å². The first-order valence-corrected chi connectivity index (χ1v) is 17.8. The van der Waals surface area contributed by atoms with Crippen molar-refractivity contribution in [2.75, 3.05) is 71.4 Å². The van der Waals surface area contributed by atoms with Gasteiger partial charge in [0.1, 0.15) is 16.4 Å². The molecule has 0 radical (unpaired) electrons. The van der Waals surface area contributed by atoms with Gasteiger partial charge in [-0.3, -0.25) is 9.69 Å². The lowest BCUT2D eigenvalue weighted by atomic mass is 9.84. The molecule has 0 aliphatic carbocycles. The second kappa shape index (κ2) is 14.0. The molecule has 3 aliphatic heterocycles. The van der Waals surface area contributed by atoms with Gasteiger partial charge in [-0.05, 0) is 70.2 Å². The van der Waals surface area contributed by atoms with E-state index in [4.69, 9.17) is 14.2 Å². The topological polar surface area (TPSA) is 134 Å². The van der Waals surface area contributed by atoms with E-state index in [0.29, 0.717) is 42.6 Å². The number of nitrogens with zero attached hydrogens (tertiary/aromatic N) is 5. The molecule has 16 heteroatoms. The Balaban J connectivity index is 1.45. The first kappa shape index (κ1) is 35.3. The number of benzene rings is 2. The van der Waals surface area contributed by atoms with E-state index in [2.05, 4.69) is 27.1 Å². The molecule has 2 saturated heterocycles. The zero-order valence-corrected chi connectivity index (χ0v) is 29.1. The molecule has 2 aromatic carbocycles. The Morgan fingerprint density at radius 3 is 2.34 bits per heavy atom. The molecule has 3 aromatic rings. The van der Waals surface area contributed by atoms with Crippen LogP contribution in [-0.4, -0.2) is 113 Å². The third-order valence-electron chi connectivity index (χ3n) is 9.61. The molecule has 2 fully saturated rings. The lowest BCUT2D eigenvalue weighted by Crippen LogP contribution is -2.61. The van der Waals surface area contributed by atoms with Gasteiger partial charge in [0.25, 0.3) is 15.9 Å². The van der Waals surface area contributed by atoms with Crippen molar-refractivity contribution >= 4 is 27.6 Å². The molecule has 6 rings (SSSR count). The number of carbonyl (C=O) groups excluding carboxylic acids is 2. The van der Waals surface area contributed by atoms with Crippen LogP contribution in [0.4, 0.5) is 19.3 Å². The number of nitrogens with one attached hydrogen (secondary N) is 1. The Labute approximate surface area is 289 Å². The lowest BCUT2D eigenvalue weighted by molar-refractivity contribution is -0.121. The molecule has 13 nitrogen and oxygen atoms in total. The molecule has 50 heavy (non-hydrogen) atoms. The highest BCUT2D eigenvalue weighted by Gasteiger charge is 2.59. The van der Waals surface area contributed by atoms with Crippen molar-refractivity contribution in [1.29, 1.82) is 0 Å². The highest BCUT2D eigenvalue weighted by atomic mass is 32.2. The number of rotatable bonds is 9. The van der Waals surface area contributed by atoms with Crippen molar-refractivity contribution in [3.8, 4) is 17.4 Å².